The maximum atomic E-state index is 13.0. The lowest BCUT2D eigenvalue weighted by Gasteiger charge is -2.36. The smallest absolute Gasteiger partial charge is 0.369 e. The van der Waals surface area contributed by atoms with Crippen LogP contribution in [0.25, 0.3) is 11.3 Å². The monoisotopic (exact) mass is 509 g/mol. The summed E-state index contributed by atoms with van der Waals surface area (Å²) in [5.41, 5.74) is -0.214. The molecule has 0 radical (unpaired) electrons. The number of hydrogen-bond donors (Lipinski definition) is 1. The topological polar surface area (TPSA) is 74.2 Å². The van der Waals surface area contributed by atoms with E-state index in [9.17, 15) is 22.8 Å². The number of halogens is 4. The molecule has 7 nitrogen and oxygen atoms in total. The molecule has 35 heavy (non-hydrogen) atoms. The summed E-state index contributed by atoms with van der Waals surface area (Å²) in [5, 5.41) is 4.25. The quantitative estimate of drug-likeness (QED) is 0.492. The fraction of sp³-hybridized carbons (Fsp3) is 0.375. The first-order valence-corrected chi connectivity index (χ1v) is 11.2. The van der Waals surface area contributed by atoms with Crippen LogP contribution in [-0.4, -0.2) is 52.4 Å². The summed E-state index contributed by atoms with van der Waals surface area (Å²) in [6.45, 7) is 4.03. The van der Waals surface area contributed by atoms with Gasteiger partial charge in [0.15, 0.2) is 5.69 Å². The zero-order valence-electron chi connectivity index (χ0n) is 19.0. The Morgan fingerprint density at radius 1 is 0.886 bits per heavy atom. The van der Waals surface area contributed by atoms with Crippen molar-refractivity contribution in [2.24, 2.45) is 0 Å². The number of alkyl halides is 3. The number of aromatic amines is 1. The van der Waals surface area contributed by atoms with Gasteiger partial charge in [-0.05, 0) is 37.6 Å². The molecule has 0 atom stereocenters. The number of nitrogens with one attached hydrogen (secondary N) is 1. The van der Waals surface area contributed by atoms with E-state index in [0.717, 1.165) is 32.1 Å². The molecule has 1 fully saturated rings. The van der Waals surface area contributed by atoms with Crippen molar-refractivity contribution >= 4 is 18.1 Å². The van der Waals surface area contributed by atoms with Gasteiger partial charge in [0.05, 0.1) is 5.56 Å². The molecule has 3 aromatic rings. The fourth-order valence-electron chi connectivity index (χ4n) is 4.07. The lowest BCUT2D eigenvalue weighted by Crippen LogP contribution is -2.46. The van der Waals surface area contributed by atoms with Gasteiger partial charge in [-0.2, -0.15) is 18.3 Å². The van der Waals surface area contributed by atoms with Gasteiger partial charge in [-0.15, -0.1) is 12.4 Å². The molecule has 1 saturated heterocycles. The van der Waals surface area contributed by atoms with E-state index >= 15 is 0 Å². The lowest BCUT2D eigenvalue weighted by atomic mass is 10.1. The molecule has 188 valence electrons. The van der Waals surface area contributed by atoms with Crippen LogP contribution in [0.2, 0.25) is 0 Å². The van der Waals surface area contributed by atoms with E-state index in [2.05, 4.69) is 15.0 Å². The first-order chi connectivity index (χ1) is 16.3. The minimum Gasteiger partial charge on any atom is -0.369 e. The minimum absolute atomic E-state index is 0. The highest BCUT2D eigenvalue weighted by Crippen LogP contribution is 2.31. The van der Waals surface area contributed by atoms with Crippen LogP contribution >= 0.6 is 12.4 Å². The zero-order chi connectivity index (χ0) is 24.1. The molecule has 2 heterocycles. The number of rotatable bonds is 7. The Kier molecular flexibility index (Phi) is 8.74. The molecular formula is C24H27ClF3N5O2. The second kappa shape index (κ2) is 11.5. The van der Waals surface area contributed by atoms with E-state index in [4.69, 9.17) is 0 Å². The van der Waals surface area contributed by atoms with E-state index in [0.29, 0.717) is 37.3 Å². The standard InChI is InChI=1S/C24H26F3N5O2.ClH/c25-24(26,27)19-9-6-10-20(17-19)31-15-13-30(14-16-31)11-4-5-12-32-23(34)28-22(33)21(29-32)18-7-2-1-3-8-18;/h1-3,6-10,17H,4-5,11-16H2,(H,28,33,34);1H. The second-order valence-electron chi connectivity index (χ2n) is 8.28. The minimum atomic E-state index is -4.34. The van der Waals surface area contributed by atoms with E-state index in [1.807, 2.05) is 11.0 Å². The van der Waals surface area contributed by atoms with Crippen molar-refractivity contribution in [3.63, 3.8) is 0 Å². The second-order valence-corrected chi connectivity index (χ2v) is 8.28. The van der Waals surface area contributed by atoms with Gasteiger partial charge in [0, 0.05) is 44.0 Å². The van der Waals surface area contributed by atoms with Crippen molar-refractivity contribution in [3.8, 4) is 11.3 Å². The van der Waals surface area contributed by atoms with Crippen LogP contribution in [0.5, 0.6) is 0 Å². The number of H-pyrrole nitrogens is 1. The largest absolute Gasteiger partial charge is 0.416 e. The Hall–Kier alpha value is -3.11. The van der Waals surface area contributed by atoms with Crippen molar-refractivity contribution in [3.05, 3.63) is 81.0 Å². The molecule has 1 aromatic heterocycles. The average Bonchev–Trinajstić information content (AvgIpc) is 2.83. The van der Waals surface area contributed by atoms with Crippen LogP contribution in [-0.2, 0) is 12.7 Å². The molecule has 1 N–H and O–H groups in total. The highest BCUT2D eigenvalue weighted by molar-refractivity contribution is 5.85. The van der Waals surface area contributed by atoms with Gasteiger partial charge in [0.25, 0.3) is 5.56 Å². The van der Waals surface area contributed by atoms with E-state index in [1.165, 1.54) is 16.8 Å². The van der Waals surface area contributed by atoms with Crippen LogP contribution in [0, 0.1) is 0 Å². The number of aryl methyl sites for hydroxylation is 1. The van der Waals surface area contributed by atoms with Crippen molar-refractivity contribution in [2.75, 3.05) is 37.6 Å². The number of nitrogens with zero attached hydrogens (tertiary/aromatic N) is 4. The molecule has 0 spiro atoms. The Labute approximate surface area is 206 Å². The highest BCUT2D eigenvalue weighted by atomic mass is 35.5. The van der Waals surface area contributed by atoms with Crippen molar-refractivity contribution in [1.82, 2.24) is 19.7 Å². The van der Waals surface area contributed by atoms with Crippen LogP contribution in [0.15, 0.2) is 64.2 Å². The SMILES string of the molecule is Cl.O=c1[nH]c(=O)n(CCCCN2CCN(c3cccc(C(F)(F)F)c3)CC2)nc1-c1ccccc1. The molecule has 1 aliphatic rings. The van der Waals surface area contributed by atoms with Crippen LogP contribution < -0.4 is 16.1 Å². The number of piperazine rings is 1. The molecule has 0 saturated carbocycles. The van der Waals surface area contributed by atoms with Gasteiger partial charge in [0.1, 0.15) is 0 Å². The normalized spacial score (nSPS) is 14.5. The van der Waals surface area contributed by atoms with Gasteiger partial charge < -0.3 is 4.90 Å². The first kappa shape index (κ1) is 26.5. The summed E-state index contributed by atoms with van der Waals surface area (Å²) in [6, 6.07) is 14.4. The van der Waals surface area contributed by atoms with Crippen LogP contribution in [0.1, 0.15) is 18.4 Å². The van der Waals surface area contributed by atoms with E-state index in [-0.39, 0.29) is 18.1 Å². The molecule has 4 rings (SSSR count). The van der Waals surface area contributed by atoms with E-state index in [1.54, 1.807) is 30.3 Å². The third-order valence-corrected chi connectivity index (χ3v) is 5.94. The van der Waals surface area contributed by atoms with Gasteiger partial charge in [-0.1, -0.05) is 36.4 Å². The zero-order valence-corrected chi connectivity index (χ0v) is 19.8. The molecule has 0 bridgehead atoms. The maximum absolute atomic E-state index is 13.0. The van der Waals surface area contributed by atoms with Crippen molar-refractivity contribution < 1.29 is 13.2 Å². The fourth-order valence-corrected chi connectivity index (χ4v) is 4.07. The van der Waals surface area contributed by atoms with Crippen molar-refractivity contribution in [2.45, 2.75) is 25.6 Å². The summed E-state index contributed by atoms with van der Waals surface area (Å²) in [7, 11) is 0. The Balaban J connectivity index is 0.00000342. The molecule has 2 aromatic carbocycles. The lowest BCUT2D eigenvalue weighted by molar-refractivity contribution is -0.137. The Bertz CT molecular complexity index is 1220. The third kappa shape index (κ3) is 6.73. The molecule has 11 heteroatoms. The van der Waals surface area contributed by atoms with Crippen LogP contribution in [0.3, 0.4) is 0 Å². The molecule has 0 aliphatic carbocycles. The average molecular weight is 510 g/mol. The summed E-state index contributed by atoms with van der Waals surface area (Å²) in [4.78, 5) is 30.8. The molecular weight excluding hydrogens is 483 g/mol. The predicted octanol–water partition coefficient (Wildman–Crippen LogP) is 3.64. The van der Waals surface area contributed by atoms with Gasteiger partial charge in [-0.25, -0.2) is 9.48 Å². The van der Waals surface area contributed by atoms with Gasteiger partial charge in [0.2, 0.25) is 0 Å². The number of unbranched alkanes of at least 4 members (excludes halogenated alkanes) is 1. The number of aromatic nitrogens is 3. The Morgan fingerprint density at radius 2 is 1.57 bits per heavy atom. The summed E-state index contributed by atoms with van der Waals surface area (Å²) in [6.07, 6.45) is -2.80. The summed E-state index contributed by atoms with van der Waals surface area (Å²) >= 11 is 0. The Morgan fingerprint density at radius 3 is 2.26 bits per heavy atom. The van der Waals surface area contributed by atoms with E-state index < -0.39 is 23.0 Å². The molecule has 0 unspecified atom stereocenters. The van der Waals surface area contributed by atoms with Gasteiger partial charge in [-0.3, -0.25) is 14.7 Å². The predicted molar refractivity (Wildman–Crippen MR) is 131 cm³/mol. The third-order valence-electron chi connectivity index (χ3n) is 5.94. The van der Waals surface area contributed by atoms with Gasteiger partial charge >= 0.3 is 11.9 Å². The van der Waals surface area contributed by atoms with Crippen molar-refractivity contribution in [1.29, 1.82) is 0 Å². The number of hydrogen-bond acceptors (Lipinski definition) is 5. The van der Waals surface area contributed by atoms with Crippen LogP contribution in [0.4, 0.5) is 18.9 Å². The highest BCUT2D eigenvalue weighted by Gasteiger charge is 2.31. The molecule has 0 amide bonds. The first-order valence-electron chi connectivity index (χ1n) is 11.2. The maximum Gasteiger partial charge on any atom is 0.416 e. The molecule has 1 aliphatic heterocycles. The number of anilines is 1. The summed E-state index contributed by atoms with van der Waals surface area (Å²) < 4.78 is 40.2. The summed E-state index contributed by atoms with van der Waals surface area (Å²) in [5.74, 6) is 0. The number of benzene rings is 2.